The van der Waals surface area contributed by atoms with E-state index in [1.807, 2.05) is 6.92 Å². The number of hydrogen-bond acceptors (Lipinski definition) is 3. The number of rotatable bonds is 2. The molecule has 1 amide bonds. The summed E-state index contributed by atoms with van der Waals surface area (Å²) in [6, 6.07) is 0. The summed E-state index contributed by atoms with van der Waals surface area (Å²) in [7, 11) is 0. The molecule has 0 aromatic rings. The zero-order valence-electron chi connectivity index (χ0n) is 11.0. The van der Waals surface area contributed by atoms with Crippen LogP contribution in [0.1, 0.15) is 46.0 Å². The molecule has 2 N–H and O–H groups in total. The highest BCUT2D eigenvalue weighted by Crippen LogP contribution is 2.26. The SMILES string of the molecule is CC1(NC(=O)C2(C)CCCCO2)CCNCC1. The molecular weight excluding hydrogens is 216 g/mol. The van der Waals surface area contributed by atoms with E-state index >= 15 is 0 Å². The Morgan fingerprint density at radius 3 is 2.47 bits per heavy atom. The Morgan fingerprint density at radius 1 is 1.18 bits per heavy atom. The molecule has 1 atom stereocenters. The molecule has 2 heterocycles. The molecule has 0 saturated carbocycles. The minimum atomic E-state index is -0.605. The van der Waals surface area contributed by atoms with Crippen molar-refractivity contribution in [3.63, 3.8) is 0 Å². The number of ether oxygens (including phenoxy) is 1. The van der Waals surface area contributed by atoms with Crippen LogP contribution in [0.5, 0.6) is 0 Å². The van der Waals surface area contributed by atoms with E-state index in [0.29, 0.717) is 6.61 Å². The Morgan fingerprint density at radius 2 is 1.88 bits per heavy atom. The van der Waals surface area contributed by atoms with E-state index in [1.54, 1.807) is 0 Å². The third-order valence-electron chi connectivity index (χ3n) is 4.07. The van der Waals surface area contributed by atoms with Crippen molar-refractivity contribution in [2.45, 2.75) is 57.1 Å². The molecule has 2 rings (SSSR count). The summed E-state index contributed by atoms with van der Waals surface area (Å²) >= 11 is 0. The summed E-state index contributed by atoms with van der Waals surface area (Å²) in [6.45, 7) is 6.73. The summed E-state index contributed by atoms with van der Waals surface area (Å²) in [5, 5.41) is 6.52. The van der Waals surface area contributed by atoms with Gasteiger partial charge in [0.05, 0.1) is 0 Å². The molecule has 2 aliphatic heterocycles. The maximum atomic E-state index is 12.3. The molecule has 98 valence electrons. The summed E-state index contributed by atoms with van der Waals surface area (Å²) in [5.74, 6) is 0.0709. The molecule has 0 bridgehead atoms. The van der Waals surface area contributed by atoms with Crippen LogP contribution >= 0.6 is 0 Å². The molecule has 0 aromatic heterocycles. The van der Waals surface area contributed by atoms with Crippen LogP contribution in [0, 0.1) is 0 Å². The molecule has 0 spiro atoms. The standard InChI is InChI=1S/C13H24N2O2/c1-12(6-8-14-9-7-12)15-11(16)13(2)5-3-4-10-17-13/h14H,3-10H2,1-2H3,(H,15,16). The molecule has 4 nitrogen and oxygen atoms in total. The van der Waals surface area contributed by atoms with Gasteiger partial charge in [-0.15, -0.1) is 0 Å². The van der Waals surface area contributed by atoms with E-state index in [4.69, 9.17) is 4.74 Å². The summed E-state index contributed by atoms with van der Waals surface area (Å²) in [5.41, 5.74) is -0.668. The molecule has 2 saturated heterocycles. The molecular formula is C13H24N2O2. The van der Waals surface area contributed by atoms with Crippen LogP contribution < -0.4 is 10.6 Å². The molecule has 17 heavy (non-hydrogen) atoms. The van der Waals surface area contributed by atoms with Gasteiger partial charge in [-0.05, 0) is 59.0 Å². The van der Waals surface area contributed by atoms with E-state index in [0.717, 1.165) is 45.2 Å². The Bertz CT molecular complexity index is 279. The van der Waals surface area contributed by atoms with Crippen molar-refractivity contribution in [1.29, 1.82) is 0 Å². The zero-order chi connectivity index (χ0) is 12.4. The first-order valence-electron chi connectivity index (χ1n) is 6.71. The van der Waals surface area contributed by atoms with Crippen LogP contribution in [0.2, 0.25) is 0 Å². The molecule has 0 aromatic carbocycles. The first-order chi connectivity index (χ1) is 8.04. The van der Waals surface area contributed by atoms with E-state index in [9.17, 15) is 4.79 Å². The monoisotopic (exact) mass is 240 g/mol. The van der Waals surface area contributed by atoms with Crippen molar-refractivity contribution in [2.24, 2.45) is 0 Å². The lowest BCUT2D eigenvalue weighted by Crippen LogP contribution is -2.58. The van der Waals surface area contributed by atoms with Gasteiger partial charge < -0.3 is 15.4 Å². The van der Waals surface area contributed by atoms with Gasteiger partial charge in [-0.25, -0.2) is 0 Å². The number of piperidine rings is 1. The topological polar surface area (TPSA) is 50.4 Å². The maximum absolute atomic E-state index is 12.3. The normalized spacial score (nSPS) is 33.1. The molecule has 0 aliphatic carbocycles. The van der Waals surface area contributed by atoms with Crippen LogP contribution in [-0.2, 0) is 9.53 Å². The van der Waals surface area contributed by atoms with Crippen molar-refractivity contribution >= 4 is 5.91 Å². The smallest absolute Gasteiger partial charge is 0.252 e. The van der Waals surface area contributed by atoms with E-state index in [-0.39, 0.29) is 11.4 Å². The van der Waals surface area contributed by atoms with Gasteiger partial charge in [-0.3, -0.25) is 4.79 Å². The van der Waals surface area contributed by atoms with E-state index < -0.39 is 5.60 Å². The van der Waals surface area contributed by atoms with Crippen LogP contribution in [0.15, 0.2) is 0 Å². The fourth-order valence-electron chi connectivity index (χ4n) is 2.62. The highest BCUT2D eigenvalue weighted by Gasteiger charge is 2.39. The number of hydrogen-bond donors (Lipinski definition) is 2. The van der Waals surface area contributed by atoms with Crippen molar-refractivity contribution in [1.82, 2.24) is 10.6 Å². The third-order valence-corrected chi connectivity index (χ3v) is 4.07. The van der Waals surface area contributed by atoms with Crippen molar-refractivity contribution in [2.75, 3.05) is 19.7 Å². The van der Waals surface area contributed by atoms with Gasteiger partial charge in [0.25, 0.3) is 5.91 Å². The van der Waals surface area contributed by atoms with Crippen LogP contribution in [-0.4, -0.2) is 36.7 Å². The Kier molecular flexibility index (Phi) is 3.73. The predicted molar refractivity (Wildman–Crippen MR) is 66.9 cm³/mol. The van der Waals surface area contributed by atoms with Crippen molar-refractivity contribution in [3.8, 4) is 0 Å². The van der Waals surface area contributed by atoms with Gasteiger partial charge in [0.2, 0.25) is 0 Å². The first-order valence-corrected chi connectivity index (χ1v) is 6.71. The lowest BCUT2D eigenvalue weighted by molar-refractivity contribution is -0.152. The third kappa shape index (κ3) is 2.99. The molecule has 0 radical (unpaired) electrons. The average molecular weight is 240 g/mol. The van der Waals surface area contributed by atoms with Gasteiger partial charge in [0, 0.05) is 12.1 Å². The Hall–Kier alpha value is -0.610. The first kappa shape index (κ1) is 12.8. The number of nitrogens with one attached hydrogen (secondary N) is 2. The molecule has 1 unspecified atom stereocenters. The van der Waals surface area contributed by atoms with Crippen LogP contribution in [0.4, 0.5) is 0 Å². The molecule has 4 heteroatoms. The zero-order valence-corrected chi connectivity index (χ0v) is 11.0. The van der Waals surface area contributed by atoms with Crippen molar-refractivity contribution in [3.05, 3.63) is 0 Å². The lowest BCUT2D eigenvalue weighted by atomic mass is 9.88. The predicted octanol–water partition coefficient (Wildman–Crippen LogP) is 1.20. The minimum absolute atomic E-state index is 0.0633. The number of carbonyl (C=O) groups is 1. The fourth-order valence-corrected chi connectivity index (χ4v) is 2.62. The van der Waals surface area contributed by atoms with Crippen LogP contribution in [0.3, 0.4) is 0 Å². The Labute approximate surface area is 103 Å². The van der Waals surface area contributed by atoms with Gasteiger partial charge in [-0.1, -0.05) is 0 Å². The summed E-state index contributed by atoms with van der Waals surface area (Å²) in [4.78, 5) is 12.3. The number of amides is 1. The summed E-state index contributed by atoms with van der Waals surface area (Å²) < 4.78 is 5.69. The van der Waals surface area contributed by atoms with Gasteiger partial charge in [-0.2, -0.15) is 0 Å². The fraction of sp³-hybridized carbons (Fsp3) is 0.923. The maximum Gasteiger partial charge on any atom is 0.252 e. The van der Waals surface area contributed by atoms with E-state index in [2.05, 4.69) is 17.6 Å². The largest absolute Gasteiger partial charge is 0.365 e. The number of carbonyl (C=O) groups excluding carboxylic acids is 1. The quantitative estimate of drug-likeness (QED) is 0.762. The highest BCUT2D eigenvalue weighted by atomic mass is 16.5. The van der Waals surface area contributed by atoms with Gasteiger partial charge in [0.1, 0.15) is 5.60 Å². The highest BCUT2D eigenvalue weighted by molar-refractivity contribution is 5.85. The average Bonchev–Trinajstić information content (AvgIpc) is 2.30. The lowest BCUT2D eigenvalue weighted by Gasteiger charge is -2.40. The molecule has 2 fully saturated rings. The summed E-state index contributed by atoms with van der Waals surface area (Å²) in [6.07, 6.45) is 4.99. The second-order valence-electron chi connectivity index (χ2n) is 5.80. The van der Waals surface area contributed by atoms with E-state index in [1.165, 1.54) is 0 Å². The van der Waals surface area contributed by atoms with Crippen LogP contribution in [0.25, 0.3) is 0 Å². The second kappa shape index (κ2) is 4.94. The minimum Gasteiger partial charge on any atom is -0.365 e. The van der Waals surface area contributed by atoms with Crippen molar-refractivity contribution < 1.29 is 9.53 Å². The van der Waals surface area contributed by atoms with Gasteiger partial charge in [0.15, 0.2) is 0 Å². The van der Waals surface area contributed by atoms with Gasteiger partial charge >= 0.3 is 0 Å². The Balaban J connectivity index is 1.95. The molecule has 2 aliphatic rings. The second-order valence-corrected chi connectivity index (χ2v) is 5.80.